The van der Waals surface area contributed by atoms with E-state index in [9.17, 15) is 0 Å². The number of benzene rings is 1. The van der Waals surface area contributed by atoms with Crippen molar-refractivity contribution in [2.24, 2.45) is 5.73 Å². The monoisotopic (exact) mass is 303 g/mol. The fourth-order valence-electron chi connectivity index (χ4n) is 3.73. The van der Waals surface area contributed by atoms with Gasteiger partial charge in [-0.05, 0) is 37.8 Å². The van der Waals surface area contributed by atoms with Crippen LogP contribution in [0.25, 0.3) is 11.0 Å². The lowest BCUT2D eigenvalue weighted by Crippen LogP contribution is -2.39. The Morgan fingerprint density at radius 2 is 1.86 bits per heavy atom. The number of aromatic nitrogens is 2. The van der Waals surface area contributed by atoms with Crippen molar-refractivity contribution >= 4 is 22.6 Å². The third kappa shape index (κ3) is 2.27. The molecule has 2 fully saturated rings. The van der Waals surface area contributed by atoms with E-state index in [1.54, 1.807) is 0 Å². The summed E-state index contributed by atoms with van der Waals surface area (Å²) >= 11 is 6.46. The van der Waals surface area contributed by atoms with Gasteiger partial charge in [-0.3, -0.25) is 0 Å². The molecule has 4 rings (SSSR count). The molecule has 1 aromatic heterocycles. The van der Waals surface area contributed by atoms with Gasteiger partial charge in [0.25, 0.3) is 0 Å². The highest BCUT2D eigenvalue weighted by Crippen LogP contribution is 2.44. The molecule has 0 spiro atoms. The predicted octanol–water partition coefficient (Wildman–Crippen LogP) is 4.53. The summed E-state index contributed by atoms with van der Waals surface area (Å²) in [6.45, 7) is 0. The van der Waals surface area contributed by atoms with E-state index in [2.05, 4.69) is 10.6 Å². The van der Waals surface area contributed by atoms with Crippen LogP contribution in [0.2, 0.25) is 5.02 Å². The average molecular weight is 304 g/mol. The zero-order valence-corrected chi connectivity index (χ0v) is 13.1. The Hall–Kier alpha value is -1.06. The van der Waals surface area contributed by atoms with Crippen LogP contribution in [0.5, 0.6) is 0 Å². The fraction of sp³-hybridized carbons (Fsp3) is 0.588. The normalized spacial score (nSPS) is 22.4. The first-order valence-corrected chi connectivity index (χ1v) is 8.53. The first-order valence-electron chi connectivity index (χ1n) is 8.15. The summed E-state index contributed by atoms with van der Waals surface area (Å²) in [6, 6.07) is 6.55. The highest BCUT2D eigenvalue weighted by molar-refractivity contribution is 6.35. The Morgan fingerprint density at radius 3 is 2.52 bits per heavy atom. The molecule has 0 bridgehead atoms. The third-order valence-electron chi connectivity index (χ3n) is 5.01. The minimum atomic E-state index is -0.276. The van der Waals surface area contributed by atoms with Gasteiger partial charge in [-0.1, -0.05) is 43.4 Å². The van der Waals surface area contributed by atoms with Crippen LogP contribution in [0.4, 0.5) is 0 Å². The van der Waals surface area contributed by atoms with Crippen LogP contribution in [-0.4, -0.2) is 9.55 Å². The molecule has 0 aliphatic heterocycles. The highest BCUT2D eigenvalue weighted by atomic mass is 35.5. The molecule has 0 saturated heterocycles. The minimum absolute atomic E-state index is 0.276. The molecule has 2 saturated carbocycles. The number of halogens is 1. The van der Waals surface area contributed by atoms with Gasteiger partial charge in [0.05, 0.1) is 21.6 Å². The number of rotatable bonds is 2. The molecule has 0 radical (unpaired) electrons. The van der Waals surface area contributed by atoms with Crippen LogP contribution < -0.4 is 5.73 Å². The largest absolute Gasteiger partial charge is 0.322 e. The lowest BCUT2D eigenvalue weighted by molar-refractivity contribution is 0.349. The lowest BCUT2D eigenvalue weighted by atomic mass is 9.90. The molecular formula is C17H22ClN3. The summed E-state index contributed by atoms with van der Waals surface area (Å²) in [5, 5.41) is 0.801. The van der Waals surface area contributed by atoms with Gasteiger partial charge in [-0.25, -0.2) is 4.98 Å². The Kier molecular flexibility index (Phi) is 3.23. The molecule has 4 heteroatoms. The van der Waals surface area contributed by atoms with Crippen LogP contribution in [0, 0.1) is 0 Å². The molecule has 0 unspecified atom stereocenters. The third-order valence-corrected chi connectivity index (χ3v) is 5.32. The van der Waals surface area contributed by atoms with Gasteiger partial charge in [0.1, 0.15) is 5.82 Å². The maximum absolute atomic E-state index is 6.83. The average Bonchev–Trinajstić information content (AvgIpc) is 3.25. The molecule has 2 aliphatic carbocycles. The van der Waals surface area contributed by atoms with Crippen LogP contribution >= 0.6 is 11.6 Å². The van der Waals surface area contributed by atoms with Crippen LogP contribution in [0.15, 0.2) is 18.2 Å². The minimum Gasteiger partial charge on any atom is -0.322 e. The number of nitrogens with two attached hydrogens (primary N) is 1. The summed E-state index contributed by atoms with van der Waals surface area (Å²) in [5.41, 5.74) is 8.65. The Labute approximate surface area is 130 Å². The van der Waals surface area contributed by atoms with Gasteiger partial charge in [0.15, 0.2) is 0 Å². The number of hydrogen-bond acceptors (Lipinski definition) is 2. The maximum atomic E-state index is 6.83. The second-order valence-electron chi connectivity index (χ2n) is 6.71. The van der Waals surface area contributed by atoms with Crippen molar-refractivity contribution < 1.29 is 0 Å². The molecule has 1 aromatic carbocycles. The zero-order valence-electron chi connectivity index (χ0n) is 12.3. The van der Waals surface area contributed by atoms with E-state index in [-0.39, 0.29) is 5.54 Å². The van der Waals surface area contributed by atoms with Gasteiger partial charge >= 0.3 is 0 Å². The maximum Gasteiger partial charge on any atom is 0.130 e. The second kappa shape index (κ2) is 4.99. The molecule has 0 amide bonds. The summed E-state index contributed by atoms with van der Waals surface area (Å²) in [5.74, 6) is 1.08. The Bertz CT molecular complexity index is 664. The van der Waals surface area contributed by atoms with Crippen molar-refractivity contribution in [3.05, 3.63) is 29.0 Å². The second-order valence-corrected chi connectivity index (χ2v) is 7.12. The van der Waals surface area contributed by atoms with Crippen molar-refractivity contribution in [2.75, 3.05) is 0 Å². The smallest absolute Gasteiger partial charge is 0.130 e. The van der Waals surface area contributed by atoms with Gasteiger partial charge in [0, 0.05) is 6.04 Å². The van der Waals surface area contributed by atoms with Gasteiger partial charge in [-0.15, -0.1) is 0 Å². The first-order chi connectivity index (χ1) is 10.2. The molecule has 112 valence electrons. The summed E-state index contributed by atoms with van der Waals surface area (Å²) in [7, 11) is 0. The Morgan fingerprint density at radius 1 is 1.14 bits per heavy atom. The summed E-state index contributed by atoms with van der Waals surface area (Å²) < 4.78 is 2.36. The van der Waals surface area contributed by atoms with E-state index in [1.165, 1.54) is 38.5 Å². The number of para-hydroxylation sites is 1. The van der Waals surface area contributed by atoms with Crippen molar-refractivity contribution in [1.29, 1.82) is 0 Å². The molecule has 2 N–H and O–H groups in total. The lowest BCUT2D eigenvalue weighted by Gasteiger charge is -2.28. The molecule has 1 heterocycles. The quantitative estimate of drug-likeness (QED) is 0.828. The molecule has 21 heavy (non-hydrogen) atoms. The van der Waals surface area contributed by atoms with Crippen LogP contribution in [0.3, 0.4) is 0 Å². The topological polar surface area (TPSA) is 43.8 Å². The van der Waals surface area contributed by atoms with E-state index in [0.29, 0.717) is 6.04 Å². The number of imidazole rings is 1. The highest BCUT2D eigenvalue weighted by Gasteiger charge is 2.38. The molecule has 2 aliphatic rings. The summed E-state index contributed by atoms with van der Waals surface area (Å²) in [6.07, 6.45) is 9.53. The fourth-order valence-corrected chi connectivity index (χ4v) is 3.99. The van der Waals surface area contributed by atoms with Gasteiger partial charge < -0.3 is 10.3 Å². The summed E-state index contributed by atoms with van der Waals surface area (Å²) in [4.78, 5) is 4.93. The molecule has 3 nitrogen and oxygen atoms in total. The first kappa shape index (κ1) is 13.6. The molecule has 0 atom stereocenters. The zero-order chi connectivity index (χ0) is 14.4. The van der Waals surface area contributed by atoms with E-state index in [1.807, 2.05) is 12.1 Å². The van der Waals surface area contributed by atoms with Crippen molar-refractivity contribution in [1.82, 2.24) is 9.55 Å². The van der Waals surface area contributed by atoms with Crippen molar-refractivity contribution in [3.8, 4) is 0 Å². The van der Waals surface area contributed by atoms with E-state index in [4.69, 9.17) is 22.3 Å². The Balaban J connectivity index is 1.91. The van der Waals surface area contributed by atoms with Gasteiger partial charge in [-0.2, -0.15) is 0 Å². The number of hydrogen-bond donors (Lipinski definition) is 1. The SMILES string of the molecule is NC1(c2nc3cccc(Cl)c3n2C2CC2)CCCCCC1. The van der Waals surface area contributed by atoms with Gasteiger partial charge in [0.2, 0.25) is 0 Å². The standard InChI is InChI=1S/C17H22ClN3/c18-13-6-5-7-14-15(13)21(12-8-9-12)16(20-14)17(19)10-3-1-2-4-11-17/h5-7,12H,1-4,8-11,19H2. The van der Waals surface area contributed by atoms with E-state index < -0.39 is 0 Å². The number of nitrogens with zero attached hydrogens (tertiary/aromatic N) is 2. The van der Waals surface area contributed by atoms with E-state index in [0.717, 1.165) is 34.7 Å². The van der Waals surface area contributed by atoms with Crippen molar-refractivity contribution in [2.45, 2.75) is 62.9 Å². The van der Waals surface area contributed by atoms with Crippen LogP contribution in [-0.2, 0) is 5.54 Å². The molecular weight excluding hydrogens is 282 g/mol. The van der Waals surface area contributed by atoms with Crippen molar-refractivity contribution in [3.63, 3.8) is 0 Å². The predicted molar refractivity (Wildman–Crippen MR) is 86.6 cm³/mol. The van der Waals surface area contributed by atoms with Crippen LogP contribution in [0.1, 0.15) is 63.2 Å². The number of fused-ring (bicyclic) bond motifs is 1. The van der Waals surface area contributed by atoms with E-state index >= 15 is 0 Å². The molecule has 2 aromatic rings.